The third kappa shape index (κ3) is 2.63. The maximum absolute atomic E-state index is 4.74. The normalized spacial score (nSPS) is 12.6. The number of rotatable bonds is 3. The second-order valence-corrected chi connectivity index (χ2v) is 6.68. The zero-order chi connectivity index (χ0) is 16.7. The Balaban J connectivity index is 1.83. The molecule has 1 atom stereocenters. The molecule has 1 unspecified atom stereocenters. The summed E-state index contributed by atoms with van der Waals surface area (Å²) in [6, 6.07) is 16.3. The molecule has 0 saturated heterocycles. The van der Waals surface area contributed by atoms with Crippen molar-refractivity contribution in [2.45, 2.75) is 19.9 Å². The number of nitrogens with zero attached hydrogens (tertiary/aromatic N) is 4. The first-order valence-corrected chi connectivity index (χ1v) is 8.55. The molecule has 0 fully saturated rings. The Morgan fingerprint density at radius 2 is 1.92 bits per heavy atom. The number of hydrogen-bond donors (Lipinski definition) is 1. The first-order chi connectivity index (χ1) is 11.6. The third-order valence-corrected chi connectivity index (χ3v) is 4.47. The second-order valence-electron chi connectivity index (χ2n) is 5.77. The Morgan fingerprint density at radius 1 is 1.08 bits per heavy atom. The molecular weight excluding hydrogens is 366 g/mol. The number of benzene rings is 2. The molecule has 2 aromatic carbocycles. The number of aromatic nitrogens is 4. The van der Waals surface area contributed by atoms with E-state index in [1.54, 1.807) is 4.52 Å². The number of hydrogen-bond acceptors (Lipinski definition) is 4. The van der Waals surface area contributed by atoms with Crippen LogP contribution in [0.3, 0.4) is 0 Å². The zero-order valence-corrected chi connectivity index (χ0v) is 14.9. The number of anilines is 1. The summed E-state index contributed by atoms with van der Waals surface area (Å²) in [6.45, 7) is 4.00. The van der Waals surface area contributed by atoms with Crippen LogP contribution in [0.2, 0.25) is 0 Å². The number of nitrogens with one attached hydrogen (secondary N) is 1. The molecule has 0 amide bonds. The maximum atomic E-state index is 4.74. The fraction of sp³-hybridized carbons (Fsp3) is 0.167. The topological polar surface area (TPSA) is 55.1 Å². The van der Waals surface area contributed by atoms with E-state index in [2.05, 4.69) is 50.4 Å². The van der Waals surface area contributed by atoms with Gasteiger partial charge >= 0.3 is 0 Å². The van der Waals surface area contributed by atoms with Crippen molar-refractivity contribution in [2.75, 3.05) is 5.32 Å². The van der Waals surface area contributed by atoms with Gasteiger partial charge in [0.2, 0.25) is 5.95 Å². The number of halogens is 1. The van der Waals surface area contributed by atoms with Crippen LogP contribution in [0, 0.1) is 6.92 Å². The van der Waals surface area contributed by atoms with E-state index in [1.807, 2.05) is 43.3 Å². The zero-order valence-electron chi connectivity index (χ0n) is 13.4. The van der Waals surface area contributed by atoms with E-state index in [9.17, 15) is 0 Å². The van der Waals surface area contributed by atoms with E-state index in [0.29, 0.717) is 5.95 Å². The van der Waals surface area contributed by atoms with Gasteiger partial charge in [-0.3, -0.25) is 0 Å². The molecule has 0 radical (unpaired) electrons. The monoisotopic (exact) mass is 381 g/mol. The highest BCUT2D eigenvalue weighted by molar-refractivity contribution is 9.10. The van der Waals surface area contributed by atoms with Gasteiger partial charge in [0.15, 0.2) is 5.65 Å². The smallest absolute Gasteiger partial charge is 0.226 e. The van der Waals surface area contributed by atoms with E-state index in [4.69, 9.17) is 4.98 Å². The molecule has 0 spiro atoms. The summed E-state index contributed by atoms with van der Waals surface area (Å²) in [5.74, 6) is 1.42. The minimum Gasteiger partial charge on any atom is -0.348 e. The minimum atomic E-state index is 0.0869. The Hall–Kier alpha value is -2.47. The molecule has 0 aliphatic rings. The third-order valence-electron chi connectivity index (χ3n) is 3.98. The lowest BCUT2D eigenvalue weighted by atomic mass is 10.1. The fourth-order valence-electron chi connectivity index (χ4n) is 2.81. The molecule has 0 saturated carbocycles. The van der Waals surface area contributed by atoms with Gasteiger partial charge in [0.25, 0.3) is 0 Å². The maximum Gasteiger partial charge on any atom is 0.226 e. The average molecular weight is 382 g/mol. The summed E-state index contributed by atoms with van der Waals surface area (Å²) >= 11 is 3.52. The van der Waals surface area contributed by atoms with Crippen molar-refractivity contribution < 1.29 is 0 Å². The lowest BCUT2D eigenvalue weighted by Crippen LogP contribution is -2.12. The summed E-state index contributed by atoms with van der Waals surface area (Å²) in [6.07, 6.45) is 0. The van der Waals surface area contributed by atoms with Gasteiger partial charge in [0.1, 0.15) is 5.82 Å². The van der Waals surface area contributed by atoms with Crippen LogP contribution in [0.5, 0.6) is 0 Å². The Morgan fingerprint density at radius 3 is 2.75 bits per heavy atom. The van der Waals surface area contributed by atoms with Gasteiger partial charge in [-0.2, -0.15) is 4.52 Å². The molecule has 4 rings (SSSR count). The highest BCUT2D eigenvalue weighted by atomic mass is 79.9. The molecule has 0 bridgehead atoms. The SMILES string of the molecule is Cc1nc2c3ccccc3nc(NC(C)c3cccc(Br)c3)n2n1. The van der Waals surface area contributed by atoms with E-state index >= 15 is 0 Å². The summed E-state index contributed by atoms with van der Waals surface area (Å²) < 4.78 is 2.84. The van der Waals surface area contributed by atoms with Crippen LogP contribution in [-0.4, -0.2) is 19.6 Å². The second kappa shape index (κ2) is 5.87. The van der Waals surface area contributed by atoms with Crippen LogP contribution in [-0.2, 0) is 0 Å². The van der Waals surface area contributed by atoms with Crippen LogP contribution in [0.1, 0.15) is 24.4 Å². The van der Waals surface area contributed by atoms with E-state index in [1.165, 1.54) is 5.56 Å². The van der Waals surface area contributed by atoms with Crippen LogP contribution >= 0.6 is 15.9 Å². The Kier molecular flexibility index (Phi) is 3.69. The fourth-order valence-corrected chi connectivity index (χ4v) is 3.22. The van der Waals surface area contributed by atoms with Crippen LogP contribution in [0.4, 0.5) is 5.95 Å². The molecule has 24 heavy (non-hydrogen) atoms. The highest BCUT2D eigenvalue weighted by Gasteiger charge is 2.14. The molecule has 5 nitrogen and oxygen atoms in total. The largest absolute Gasteiger partial charge is 0.348 e. The first-order valence-electron chi connectivity index (χ1n) is 7.76. The summed E-state index contributed by atoms with van der Waals surface area (Å²) in [7, 11) is 0. The number of aryl methyl sites for hydroxylation is 1. The predicted molar refractivity (Wildman–Crippen MR) is 99.2 cm³/mol. The van der Waals surface area contributed by atoms with Crippen molar-refractivity contribution in [3.05, 3.63) is 64.4 Å². The molecule has 4 aromatic rings. The molecule has 120 valence electrons. The van der Waals surface area contributed by atoms with Gasteiger partial charge in [-0.25, -0.2) is 9.97 Å². The van der Waals surface area contributed by atoms with Crippen LogP contribution in [0.15, 0.2) is 53.0 Å². The van der Waals surface area contributed by atoms with E-state index in [-0.39, 0.29) is 6.04 Å². The molecule has 0 aliphatic carbocycles. The van der Waals surface area contributed by atoms with Gasteiger partial charge in [0, 0.05) is 9.86 Å². The molecule has 6 heteroatoms. The molecule has 0 aliphatic heterocycles. The van der Waals surface area contributed by atoms with Gasteiger partial charge in [-0.15, -0.1) is 5.10 Å². The Labute approximate surface area is 147 Å². The van der Waals surface area contributed by atoms with Crippen LogP contribution in [0.25, 0.3) is 16.6 Å². The molecule has 2 aromatic heterocycles. The van der Waals surface area contributed by atoms with Gasteiger partial charge in [-0.1, -0.05) is 40.2 Å². The number of fused-ring (bicyclic) bond motifs is 3. The first kappa shape index (κ1) is 15.1. The summed E-state index contributed by atoms with van der Waals surface area (Å²) in [5.41, 5.74) is 2.90. The van der Waals surface area contributed by atoms with E-state index in [0.717, 1.165) is 26.8 Å². The highest BCUT2D eigenvalue weighted by Crippen LogP contribution is 2.24. The van der Waals surface area contributed by atoms with Crippen molar-refractivity contribution in [1.82, 2.24) is 19.6 Å². The lowest BCUT2D eigenvalue weighted by molar-refractivity contribution is 0.824. The van der Waals surface area contributed by atoms with E-state index < -0.39 is 0 Å². The average Bonchev–Trinajstić information content (AvgIpc) is 2.97. The van der Waals surface area contributed by atoms with Crippen molar-refractivity contribution in [2.24, 2.45) is 0 Å². The predicted octanol–water partition coefficient (Wildman–Crippen LogP) is 4.52. The quantitative estimate of drug-likeness (QED) is 0.566. The van der Waals surface area contributed by atoms with Gasteiger partial charge in [0.05, 0.1) is 11.6 Å². The number of para-hydroxylation sites is 1. The minimum absolute atomic E-state index is 0.0869. The lowest BCUT2D eigenvalue weighted by Gasteiger charge is -2.16. The molecule has 2 heterocycles. The van der Waals surface area contributed by atoms with Crippen LogP contribution < -0.4 is 5.32 Å². The van der Waals surface area contributed by atoms with Crippen molar-refractivity contribution in [1.29, 1.82) is 0 Å². The summed E-state index contributed by atoms with van der Waals surface area (Å²) in [5, 5.41) is 8.96. The van der Waals surface area contributed by atoms with Crippen molar-refractivity contribution in [3.63, 3.8) is 0 Å². The standard InChI is InChI=1S/C18H16BrN5/c1-11(13-6-5-7-14(19)10-13)20-18-22-16-9-4-3-8-15(16)17-21-12(2)23-24(17)18/h3-11H,1-2H3,(H,20,22). The molecular formula is C18H16BrN5. The Bertz CT molecular complexity index is 1040. The van der Waals surface area contributed by atoms with Gasteiger partial charge < -0.3 is 5.32 Å². The summed E-state index contributed by atoms with van der Waals surface area (Å²) in [4.78, 5) is 9.30. The van der Waals surface area contributed by atoms with Crippen molar-refractivity contribution >= 4 is 38.4 Å². The van der Waals surface area contributed by atoms with Crippen molar-refractivity contribution in [3.8, 4) is 0 Å². The molecule has 1 N–H and O–H groups in total. The van der Waals surface area contributed by atoms with Gasteiger partial charge in [-0.05, 0) is 43.7 Å².